The number of alkyl halides is 1. The highest BCUT2D eigenvalue weighted by atomic mass is 35.5. The molecule has 0 aliphatic rings. The van der Waals surface area contributed by atoms with Crippen LogP contribution in [0, 0.1) is 0 Å². The topological polar surface area (TPSA) is 59.9 Å². The second kappa shape index (κ2) is 5.49. The van der Waals surface area contributed by atoms with Crippen LogP contribution in [0.4, 0.5) is 0 Å². The first-order valence-electron chi connectivity index (χ1n) is 4.38. The summed E-state index contributed by atoms with van der Waals surface area (Å²) in [6.45, 7) is 1.56. The zero-order valence-corrected chi connectivity index (χ0v) is 11.4. The number of hydrogen-bond donors (Lipinski definition) is 0. The smallest absolute Gasteiger partial charge is 0.184 e. The lowest BCUT2D eigenvalue weighted by Gasteiger charge is -2.11. The highest BCUT2D eigenvalue weighted by molar-refractivity contribution is 7.92. The van der Waals surface area contributed by atoms with Gasteiger partial charge in [0.25, 0.3) is 0 Å². The van der Waals surface area contributed by atoms with Crippen molar-refractivity contribution in [2.24, 2.45) is 0 Å². The van der Waals surface area contributed by atoms with E-state index >= 15 is 0 Å². The van der Waals surface area contributed by atoms with Crippen LogP contribution >= 0.6 is 34.8 Å². The number of rotatable bonds is 4. The quantitative estimate of drug-likeness (QED) is 0.802. The van der Waals surface area contributed by atoms with Gasteiger partial charge in [-0.25, -0.2) is 8.42 Å². The first-order chi connectivity index (χ1) is 7.39. The minimum atomic E-state index is -3.56. The Morgan fingerprint density at radius 1 is 1.38 bits per heavy atom. The van der Waals surface area contributed by atoms with Gasteiger partial charge in [0.05, 0.1) is 5.25 Å². The molecule has 1 atom stereocenters. The van der Waals surface area contributed by atoms with Crippen molar-refractivity contribution in [3.8, 4) is 0 Å². The van der Waals surface area contributed by atoms with Crippen LogP contribution in [0.2, 0.25) is 10.3 Å². The Morgan fingerprint density at radius 3 is 2.56 bits per heavy atom. The maximum atomic E-state index is 12.0. The van der Waals surface area contributed by atoms with Crippen molar-refractivity contribution in [3.63, 3.8) is 0 Å². The average Bonchev–Trinajstić information content (AvgIpc) is 2.22. The molecule has 16 heavy (non-hydrogen) atoms. The summed E-state index contributed by atoms with van der Waals surface area (Å²) in [6.07, 6.45) is 0.333. The maximum absolute atomic E-state index is 12.0. The first-order valence-corrected chi connectivity index (χ1v) is 7.22. The fourth-order valence-electron chi connectivity index (χ4n) is 1.06. The van der Waals surface area contributed by atoms with Crippen LogP contribution in [0.25, 0.3) is 0 Å². The molecule has 1 rings (SSSR count). The number of hydrogen-bond acceptors (Lipinski definition) is 4. The highest BCUT2D eigenvalue weighted by Gasteiger charge is 2.26. The van der Waals surface area contributed by atoms with Crippen LogP contribution in [0.15, 0.2) is 11.0 Å². The molecule has 0 bridgehead atoms. The van der Waals surface area contributed by atoms with Gasteiger partial charge in [-0.15, -0.1) is 21.8 Å². The summed E-state index contributed by atoms with van der Waals surface area (Å²) in [7, 11) is -3.56. The van der Waals surface area contributed by atoms with Crippen molar-refractivity contribution in [2.75, 3.05) is 5.88 Å². The lowest BCUT2D eigenvalue weighted by Crippen LogP contribution is -2.19. The number of nitrogens with zero attached hydrogens (tertiary/aromatic N) is 2. The Hall–Kier alpha value is -0.100. The van der Waals surface area contributed by atoms with Gasteiger partial charge in [0.15, 0.2) is 20.1 Å². The van der Waals surface area contributed by atoms with Gasteiger partial charge in [0.2, 0.25) is 0 Å². The summed E-state index contributed by atoms with van der Waals surface area (Å²) >= 11 is 16.8. The monoisotopic (exact) mass is 302 g/mol. The van der Waals surface area contributed by atoms with Crippen molar-refractivity contribution in [3.05, 3.63) is 16.4 Å². The Balaban J connectivity index is 3.21. The van der Waals surface area contributed by atoms with Crippen LogP contribution < -0.4 is 0 Å². The molecule has 8 heteroatoms. The molecule has 0 fully saturated rings. The van der Waals surface area contributed by atoms with Crippen molar-refractivity contribution in [1.82, 2.24) is 10.2 Å². The standard InChI is InChI=1S/C8H9Cl3N2O2S/c1-5(2-3-9)16(14,15)6-4-7(10)12-13-8(6)11/h4-5H,2-3H2,1H3. The van der Waals surface area contributed by atoms with Crippen molar-refractivity contribution >= 4 is 44.6 Å². The molecule has 0 N–H and O–H groups in total. The third-order valence-electron chi connectivity index (χ3n) is 2.04. The molecule has 0 saturated heterocycles. The molecule has 0 saturated carbocycles. The summed E-state index contributed by atoms with van der Waals surface area (Å²) in [6, 6.07) is 1.19. The lowest BCUT2D eigenvalue weighted by atomic mass is 10.4. The molecule has 1 heterocycles. The predicted molar refractivity (Wildman–Crippen MR) is 64.0 cm³/mol. The largest absolute Gasteiger partial charge is 0.223 e. The molecule has 0 spiro atoms. The van der Waals surface area contributed by atoms with E-state index in [0.29, 0.717) is 6.42 Å². The zero-order chi connectivity index (χ0) is 12.3. The highest BCUT2D eigenvalue weighted by Crippen LogP contribution is 2.25. The van der Waals surface area contributed by atoms with E-state index in [9.17, 15) is 8.42 Å². The molecule has 0 aliphatic carbocycles. The molecule has 0 amide bonds. The Kier molecular flexibility index (Phi) is 4.79. The summed E-state index contributed by atoms with van der Waals surface area (Å²) in [5.74, 6) is 0.254. The maximum Gasteiger partial charge on any atom is 0.184 e. The molecule has 1 unspecified atom stereocenters. The molecular weight excluding hydrogens is 295 g/mol. The SMILES string of the molecule is CC(CCCl)S(=O)(=O)c1cc(Cl)nnc1Cl. The third kappa shape index (κ3) is 2.97. The number of aromatic nitrogens is 2. The average molecular weight is 304 g/mol. The van der Waals surface area contributed by atoms with Crippen LogP contribution in [0.3, 0.4) is 0 Å². The van der Waals surface area contributed by atoms with E-state index in [1.54, 1.807) is 6.92 Å². The lowest BCUT2D eigenvalue weighted by molar-refractivity contribution is 0.580. The normalized spacial score (nSPS) is 13.8. The Morgan fingerprint density at radius 2 is 2.00 bits per heavy atom. The summed E-state index contributed by atoms with van der Waals surface area (Å²) in [5, 5.41) is 6.09. The number of halogens is 3. The third-order valence-corrected chi connectivity index (χ3v) is 5.05. The van der Waals surface area contributed by atoms with Gasteiger partial charge in [-0.05, 0) is 19.4 Å². The van der Waals surface area contributed by atoms with Crippen molar-refractivity contribution in [1.29, 1.82) is 0 Å². The van der Waals surface area contributed by atoms with E-state index in [0.717, 1.165) is 0 Å². The van der Waals surface area contributed by atoms with Crippen molar-refractivity contribution in [2.45, 2.75) is 23.5 Å². The van der Waals surface area contributed by atoms with Crippen molar-refractivity contribution < 1.29 is 8.42 Å². The van der Waals surface area contributed by atoms with Gasteiger partial charge in [0.1, 0.15) is 4.90 Å². The molecule has 1 aromatic heterocycles. The van der Waals surface area contributed by atoms with E-state index in [1.807, 2.05) is 0 Å². The summed E-state index contributed by atoms with van der Waals surface area (Å²) < 4.78 is 24.1. The van der Waals surface area contributed by atoms with Gasteiger partial charge >= 0.3 is 0 Å². The van der Waals surface area contributed by atoms with Crippen LogP contribution in [0.5, 0.6) is 0 Å². The summed E-state index contributed by atoms with van der Waals surface area (Å²) in [4.78, 5) is -0.105. The first kappa shape index (κ1) is 14.0. The molecule has 90 valence electrons. The van der Waals surface area contributed by atoms with E-state index in [1.165, 1.54) is 6.07 Å². The minimum Gasteiger partial charge on any atom is -0.223 e. The van der Waals surface area contributed by atoms with E-state index < -0.39 is 15.1 Å². The molecule has 0 aromatic carbocycles. The number of sulfone groups is 1. The van der Waals surface area contributed by atoms with Gasteiger partial charge < -0.3 is 0 Å². The van der Waals surface area contributed by atoms with Crippen LogP contribution in [-0.4, -0.2) is 29.7 Å². The predicted octanol–water partition coefficient (Wildman–Crippen LogP) is 2.57. The van der Waals surface area contributed by atoms with Gasteiger partial charge in [-0.2, -0.15) is 0 Å². The molecular formula is C8H9Cl3N2O2S. The zero-order valence-electron chi connectivity index (χ0n) is 8.32. The fraction of sp³-hybridized carbons (Fsp3) is 0.500. The summed E-state index contributed by atoms with van der Waals surface area (Å²) in [5.41, 5.74) is 0. The van der Waals surface area contributed by atoms with E-state index in [4.69, 9.17) is 34.8 Å². The molecule has 4 nitrogen and oxygen atoms in total. The Labute approximate surface area is 109 Å². The van der Waals surface area contributed by atoms with Gasteiger partial charge in [0, 0.05) is 5.88 Å². The molecule has 0 radical (unpaired) electrons. The van der Waals surface area contributed by atoms with E-state index in [-0.39, 0.29) is 21.1 Å². The molecule has 1 aromatic rings. The molecule has 0 aliphatic heterocycles. The fourth-order valence-corrected chi connectivity index (χ4v) is 3.56. The van der Waals surface area contributed by atoms with Crippen LogP contribution in [-0.2, 0) is 9.84 Å². The minimum absolute atomic E-state index is 0.0129. The second-order valence-corrected chi connectivity index (χ2v) is 6.61. The van der Waals surface area contributed by atoms with Gasteiger partial charge in [-0.1, -0.05) is 23.2 Å². The van der Waals surface area contributed by atoms with Gasteiger partial charge in [-0.3, -0.25) is 0 Å². The van der Waals surface area contributed by atoms with E-state index in [2.05, 4.69) is 10.2 Å². The second-order valence-electron chi connectivity index (χ2n) is 3.16. The van der Waals surface area contributed by atoms with Crippen LogP contribution in [0.1, 0.15) is 13.3 Å². The Bertz CT molecular complexity index is 478.